The van der Waals surface area contributed by atoms with E-state index >= 15 is 0 Å². The number of aryl methyl sites for hydroxylation is 1. The highest BCUT2D eigenvalue weighted by Crippen LogP contribution is 2.29. The summed E-state index contributed by atoms with van der Waals surface area (Å²) in [6.45, 7) is 8.19. The topological polar surface area (TPSA) is 160 Å². The van der Waals surface area contributed by atoms with Gasteiger partial charge < -0.3 is 35.4 Å². The highest BCUT2D eigenvalue weighted by atomic mass is 16.5. The van der Waals surface area contributed by atoms with Gasteiger partial charge in [-0.1, -0.05) is 43.8 Å². The molecule has 0 spiro atoms. The molecule has 11 nitrogen and oxygen atoms in total. The Hall–Kier alpha value is -3.34. The lowest BCUT2D eigenvalue weighted by Gasteiger charge is -2.30. The first-order chi connectivity index (χ1) is 18.2. The Bertz CT molecular complexity index is 1020. The van der Waals surface area contributed by atoms with Crippen LogP contribution in [0.25, 0.3) is 0 Å². The molecule has 0 bridgehead atoms. The molecule has 208 valence electrons. The van der Waals surface area contributed by atoms with Crippen LogP contribution in [-0.4, -0.2) is 66.7 Å². The van der Waals surface area contributed by atoms with Crippen LogP contribution in [0.2, 0.25) is 0 Å². The van der Waals surface area contributed by atoms with Crippen molar-refractivity contribution in [1.82, 2.24) is 26.4 Å². The standard InChI is InChI=1S/C27H39N5O6/c1-17(2)23(31-25(36)22-11-18(3)38-32-22)26(37)30-21(12-19-7-5-4-6-8-19)24(35)29-20(14-33)13-27(16-34)9-10-28-15-27/h11,14,16,19-21,23,28H,1,4-10,12-13,15H2,2-3H3,(H,29,35)(H,30,37)(H,31,36)/t20-,21-,23-,27-/m0/s1. The summed E-state index contributed by atoms with van der Waals surface area (Å²) in [6.07, 6.45) is 7.81. The van der Waals surface area contributed by atoms with Crippen LogP contribution >= 0.6 is 0 Å². The maximum absolute atomic E-state index is 13.4. The van der Waals surface area contributed by atoms with Crippen molar-refractivity contribution in [2.45, 2.75) is 83.3 Å². The first-order valence-electron chi connectivity index (χ1n) is 13.3. The zero-order chi connectivity index (χ0) is 27.7. The largest absolute Gasteiger partial charge is 0.361 e. The zero-order valence-electron chi connectivity index (χ0n) is 22.2. The molecule has 1 aliphatic carbocycles. The third-order valence-electron chi connectivity index (χ3n) is 7.46. The number of amides is 3. The summed E-state index contributed by atoms with van der Waals surface area (Å²) < 4.78 is 4.94. The van der Waals surface area contributed by atoms with Crippen molar-refractivity contribution in [2.75, 3.05) is 13.1 Å². The molecule has 0 unspecified atom stereocenters. The van der Waals surface area contributed by atoms with Crippen LogP contribution < -0.4 is 21.3 Å². The Labute approximate surface area is 222 Å². The number of nitrogens with one attached hydrogen (secondary N) is 4. The Morgan fingerprint density at radius 2 is 1.92 bits per heavy atom. The molecule has 38 heavy (non-hydrogen) atoms. The molecule has 4 N–H and O–H groups in total. The van der Waals surface area contributed by atoms with Gasteiger partial charge >= 0.3 is 0 Å². The van der Waals surface area contributed by atoms with Crippen LogP contribution in [0.3, 0.4) is 0 Å². The van der Waals surface area contributed by atoms with Gasteiger partial charge in [0.1, 0.15) is 30.4 Å². The van der Waals surface area contributed by atoms with Gasteiger partial charge in [-0.2, -0.15) is 0 Å². The van der Waals surface area contributed by atoms with E-state index in [0.717, 1.165) is 38.4 Å². The fraction of sp³-hybridized carbons (Fsp3) is 0.630. The number of hydrogen-bond acceptors (Lipinski definition) is 8. The van der Waals surface area contributed by atoms with E-state index in [1.54, 1.807) is 13.8 Å². The number of aldehydes is 2. The second-order valence-corrected chi connectivity index (χ2v) is 10.7. The van der Waals surface area contributed by atoms with Crippen LogP contribution in [-0.2, 0) is 19.2 Å². The predicted octanol–water partition coefficient (Wildman–Crippen LogP) is 1.37. The molecule has 1 saturated heterocycles. The molecule has 11 heteroatoms. The smallest absolute Gasteiger partial charge is 0.274 e. The van der Waals surface area contributed by atoms with Crippen LogP contribution in [0.5, 0.6) is 0 Å². The Morgan fingerprint density at radius 3 is 2.47 bits per heavy atom. The second-order valence-electron chi connectivity index (χ2n) is 10.7. The molecule has 1 saturated carbocycles. The van der Waals surface area contributed by atoms with Gasteiger partial charge in [0.2, 0.25) is 11.8 Å². The van der Waals surface area contributed by atoms with Crippen molar-refractivity contribution in [3.63, 3.8) is 0 Å². The van der Waals surface area contributed by atoms with Crippen molar-refractivity contribution in [1.29, 1.82) is 0 Å². The molecule has 0 radical (unpaired) electrons. The molecule has 1 aliphatic heterocycles. The van der Waals surface area contributed by atoms with Crippen molar-refractivity contribution < 1.29 is 28.5 Å². The highest BCUT2D eigenvalue weighted by Gasteiger charge is 2.37. The summed E-state index contributed by atoms with van der Waals surface area (Å²) in [5.41, 5.74) is -0.312. The average Bonchev–Trinajstić information content (AvgIpc) is 3.56. The van der Waals surface area contributed by atoms with E-state index in [9.17, 15) is 24.0 Å². The Morgan fingerprint density at radius 1 is 1.18 bits per heavy atom. The number of hydrogen-bond donors (Lipinski definition) is 4. The molecular weight excluding hydrogens is 490 g/mol. The molecule has 1 aromatic rings. The lowest BCUT2D eigenvalue weighted by molar-refractivity contribution is -0.131. The van der Waals surface area contributed by atoms with Gasteiger partial charge in [0, 0.05) is 18.0 Å². The lowest BCUT2D eigenvalue weighted by Crippen LogP contribution is -2.56. The summed E-state index contributed by atoms with van der Waals surface area (Å²) >= 11 is 0. The monoisotopic (exact) mass is 529 g/mol. The normalized spacial score (nSPS) is 22.1. The van der Waals surface area contributed by atoms with Gasteiger partial charge in [0.25, 0.3) is 5.91 Å². The first-order valence-corrected chi connectivity index (χ1v) is 13.3. The number of rotatable bonds is 13. The summed E-state index contributed by atoms with van der Waals surface area (Å²) in [5, 5.41) is 14.9. The Kier molecular flexibility index (Phi) is 10.3. The number of carbonyl (C=O) groups excluding carboxylic acids is 5. The molecule has 3 rings (SSSR count). The molecule has 2 aliphatic rings. The fourth-order valence-electron chi connectivity index (χ4n) is 5.27. The molecule has 2 heterocycles. The van der Waals surface area contributed by atoms with Crippen LogP contribution in [0, 0.1) is 18.3 Å². The van der Waals surface area contributed by atoms with E-state index < -0.39 is 41.3 Å². The summed E-state index contributed by atoms with van der Waals surface area (Å²) in [7, 11) is 0. The van der Waals surface area contributed by atoms with Crippen molar-refractivity contribution >= 4 is 30.3 Å². The molecule has 3 amide bonds. The van der Waals surface area contributed by atoms with Gasteiger partial charge in [-0.3, -0.25) is 14.4 Å². The predicted molar refractivity (Wildman–Crippen MR) is 139 cm³/mol. The van der Waals surface area contributed by atoms with E-state index in [4.69, 9.17) is 4.52 Å². The molecule has 2 fully saturated rings. The van der Waals surface area contributed by atoms with Crippen molar-refractivity contribution in [3.05, 3.63) is 29.7 Å². The minimum atomic E-state index is -1.11. The van der Waals surface area contributed by atoms with E-state index in [-0.39, 0.29) is 18.0 Å². The first kappa shape index (κ1) is 29.2. The van der Waals surface area contributed by atoms with Gasteiger partial charge in [-0.05, 0) is 51.1 Å². The number of nitrogens with zero attached hydrogens (tertiary/aromatic N) is 1. The quantitative estimate of drug-likeness (QED) is 0.220. The summed E-state index contributed by atoms with van der Waals surface area (Å²) in [6, 6.07) is -1.44. The maximum Gasteiger partial charge on any atom is 0.274 e. The fourth-order valence-corrected chi connectivity index (χ4v) is 5.27. The van der Waals surface area contributed by atoms with Gasteiger partial charge in [0.15, 0.2) is 5.69 Å². The minimum Gasteiger partial charge on any atom is -0.361 e. The van der Waals surface area contributed by atoms with Gasteiger partial charge in [0.05, 0.1) is 6.04 Å². The molecule has 0 aromatic carbocycles. The van der Waals surface area contributed by atoms with Crippen LogP contribution in [0.15, 0.2) is 22.7 Å². The molecule has 1 aromatic heterocycles. The van der Waals surface area contributed by atoms with E-state index in [1.165, 1.54) is 6.07 Å². The number of carbonyl (C=O) groups is 5. The van der Waals surface area contributed by atoms with E-state index in [0.29, 0.717) is 43.6 Å². The third kappa shape index (κ3) is 7.83. The van der Waals surface area contributed by atoms with Crippen LogP contribution in [0.4, 0.5) is 0 Å². The van der Waals surface area contributed by atoms with Crippen molar-refractivity contribution in [3.8, 4) is 0 Å². The lowest BCUT2D eigenvalue weighted by atomic mass is 9.82. The van der Waals surface area contributed by atoms with Gasteiger partial charge in [-0.25, -0.2) is 0 Å². The highest BCUT2D eigenvalue weighted by molar-refractivity contribution is 5.98. The maximum atomic E-state index is 13.4. The molecular formula is C27H39N5O6. The summed E-state index contributed by atoms with van der Waals surface area (Å²) in [4.78, 5) is 63.0. The number of aromatic nitrogens is 1. The van der Waals surface area contributed by atoms with Gasteiger partial charge in [-0.15, -0.1) is 0 Å². The van der Waals surface area contributed by atoms with E-state index in [1.807, 2.05) is 0 Å². The Balaban J connectivity index is 1.72. The average molecular weight is 530 g/mol. The summed E-state index contributed by atoms with van der Waals surface area (Å²) in [5.74, 6) is -0.999. The zero-order valence-corrected chi connectivity index (χ0v) is 22.2. The SMILES string of the molecule is C=C(C)[C@H](NC(=O)c1cc(C)on1)C(=O)N[C@@H](CC1CCCCC1)C(=O)N[C@H](C=O)C[C@@]1(C=O)CCNC1. The molecule has 4 atom stereocenters. The van der Waals surface area contributed by atoms with Crippen molar-refractivity contribution in [2.24, 2.45) is 11.3 Å². The third-order valence-corrected chi connectivity index (χ3v) is 7.46. The minimum absolute atomic E-state index is 0.0254. The van der Waals surface area contributed by atoms with E-state index in [2.05, 4.69) is 33.0 Å². The van der Waals surface area contributed by atoms with Crippen LogP contribution in [0.1, 0.15) is 74.5 Å². The second kappa shape index (κ2) is 13.5.